The Kier molecular flexibility index (Phi) is 46.0. The van der Waals surface area contributed by atoms with Crippen molar-refractivity contribution in [2.24, 2.45) is 35.0 Å². The van der Waals surface area contributed by atoms with Crippen LogP contribution in [0.4, 0.5) is 0 Å². The quantitative estimate of drug-likeness (QED) is 0.0288. The van der Waals surface area contributed by atoms with Crippen LogP contribution < -0.4 is 97.4 Å². The molecule has 120 heavy (non-hydrogen) atoms. The monoisotopic (exact) mass is 1710 g/mol. The number of hydrogen-bond donors (Lipinski definition) is 25. The third-order valence-corrected chi connectivity index (χ3v) is 17.4. The van der Waals surface area contributed by atoms with Crippen molar-refractivity contribution < 1.29 is 152 Å². The second-order valence-electron chi connectivity index (χ2n) is 29.2. The summed E-state index contributed by atoms with van der Waals surface area (Å²) in [6.07, 6.45) is -11.6. The number of aliphatic hydroxyl groups excluding tert-OH is 1. The van der Waals surface area contributed by atoms with Crippen molar-refractivity contribution >= 4 is 136 Å². The minimum atomic E-state index is -2.17. The van der Waals surface area contributed by atoms with Crippen LogP contribution in [0.2, 0.25) is 0 Å². The highest BCUT2D eigenvalue weighted by Crippen LogP contribution is 2.15. The second-order valence-corrected chi connectivity index (χ2v) is 29.2. The van der Waals surface area contributed by atoms with Crippen molar-refractivity contribution in [2.45, 2.75) is 249 Å². The van der Waals surface area contributed by atoms with Gasteiger partial charge in [0.05, 0.1) is 25.9 Å². The summed E-state index contributed by atoms with van der Waals surface area (Å²) in [4.78, 5) is 302. The van der Waals surface area contributed by atoms with E-state index in [1.165, 1.54) is 32.9 Å². The molecule has 1 aromatic rings. The van der Waals surface area contributed by atoms with Gasteiger partial charge in [0.2, 0.25) is 94.5 Å². The van der Waals surface area contributed by atoms with Crippen molar-refractivity contribution in [3.8, 4) is 0 Å². The molecule has 1 rings (SSSR count). The summed E-state index contributed by atoms with van der Waals surface area (Å²) in [5, 5.41) is 99.2. The molecule has 0 spiro atoms. The predicted octanol–water partition coefficient (Wildman–Crippen LogP) is -9.56. The van der Waals surface area contributed by atoms with E-state index in [9.17, 15) is 146 Å². The van der Waals surface area contributed by atoms with Gasteiger partial charge in [0.15, 0.2) is 6.04 Å². The number of carbonyl (C=O) groups is 23. The Bertz CT molecular complexity index is 3860. The van der Waals surface area contributed by atoms with Crippen molar-refractivity contribution in [3.63, 3.8) is 0 Å². The highest BCUT2D eigenvalue weighted by atomic mass is 16.4. The van der Waals surface area contributed by atoms with Gasteiger partial charge < -0.3 is 133 Å². The van der Waals surface area contributed by atoms with Gasteiger partial charge >= 0.3 is 35.8 Å². The molecular formula is C72H111N18O30+. The topological polar surface area (TPSA) is 808 Å². The lowest BCUT2D eigenvalue weighted by atomic mass is 9.99. The lowest BCUT2D eigenvalue weighted by Crippen LogP contribution is -2.68. The maximum absolute atomic E-state index is 14.7. The Hall–Kier alpha value is -13.0. The van der Waals surface area contributed by atoms with E-state index in [4.69, 9.17) is 17.2 Å². The van der Waals surface area contributed by atoms with E-state index in [0.717, 1.165) is 6.92 Å². The molecule has 0 heterocycles. The molecule has 48 nitrogen and oxygen atoms in total. The van der Waals surface area contributed by atoms with Gasteiger partial charge in [0.1, 0.15) is 84.6 Å². The maximum Gasteiger partial charge on any atom is 0.326 e. The first-order chi connectivity index (χ1) is 55.8. The standard InChI is InChI=1S/C72H110N18O30/c1-31(2)24-42(65(112)79-37(14-19-49(74)92)60(107)86-45(28-55(101)102)67(114)80-38(15-20-50(75)93)64(111)88-47(72(119)120)27-51(76)94)84-66(113)44(26-36-12-10-9-11-13-36)85-61(108)39(16-21-52(95)96)78-59(106)35(8)77-71(118)57(33(5)6)90-69(116)43(25-32(3)4)83-62(109)40(17-22-53(97)98)81-68(115)46(29-56(103)104)87-63(110)41(18-23-54(99)100)82-70(117)48(30-91)89-58(105)34(7)73/h9-13,31-35,37-48,57,91H,14-30,73H2,1-8H3,(H2,74,92)(H2,75,93)(H2,76,94)(H,77,118)(H,78,106)(H,79,112)(H,80,114)(H,81,115)(H,82,117)(H,83,109)(H,84,113)(H,85,108)(H,86,107)(H,87,110)(H,88,111)(H,89,105)(H,90,116)(H,95,96)(H,97,98)(H,99,100)(H,101,102)(H,103,104)(H,119,120)/p+1/t34-,35-,37-,38-,39-,40-,41-,42-,43-,44-,45-,46-,47-,48-,57-/m0/s1. The summed E-state index contributed by atoms with van der Waals surface area (Å²) >= 11 is 0. The highest BCUT2D eigenvalue weighted by molar-refractivity contribution is 6.02. The minimum Gasteiger partial charge on any atom is -0.481 e. The Balaban J connectivity index is 3.72. The molecule has 0 aliphatic rings. The molecule has 0 bridgehead atoms. The number of quaternary nitrogens is 1. The minimum absolute atomic E-state index is 0.241. The molecular weight excluding hydrogens is 1600 g/mol. The van der Waals surface area contributed by atoms with E-state index in [2.05, 4.69) is 69.5 Å². The Morgan fingerprint density at radius 2 is 0.600 bits per heavy atom. The van der Waals surface area contributed by atoms with E-state index in [-0.39, 0.29) is 19.3 Å². The van der Waals surface area contributed by atoms with Crippen molar-refractivity contribution in [2.75, 3.05) is 6.61 Å². The van der Waals surface area contributed by atoms with Gasteiger partial charge in [0, 0.05) is 38.5 Å². The number of amides is 17. The highest BCUT2D eigenvalue weighted by Gasteiger charge is 2.40. The lowest BCUT2D eigenvalue weighted by Gasteiger charge is -2.29. The van der Waals surface area contributed by atoms with Crippen LogP contribution in [-0.2, 0) is 117 Å². The van der Waals surface area contributed by atoms with Gasteiger partial charge in [0.25, 0.3) is 5.91 Å². The number of primary amides is 3. The first kappa shape index (κ1) is 105. The van der Waals surface area contributed by atoms with E-state index >= 15 is 0 Å². The summed E-state index contributed by atoms with van der Waals surface area (Å²) < 4.78 is 0. The molecule has 0 unspecified atom stereocenters. The average molecular weight is 1710 g/mol. The van der Waals surface area contributed by atoms with Crippen LogP contribution in [0.25, 0.3) is 0 Å². The van der Waals surface area contributed by atoms with Gasteiger partial charge in [-0.2, -0.15) is 0 Å². The molecule has 30 N–H and O–H groups in total. The first-order valence-electron chi connectivity index (χ1n) is 37.8. The molecule has 17 amide bonds. The van der Waals surface area contributed by atoms with Gasteiger partial charge in [-0.25, -0.2) is 4.79 Å². The molecule has 0 saturated heterocycles. The fourth-order valence-corrected chi connectivity index (χ4v) is 11.0. The van der Waals surface area contributed by atoms with Gasteiger partial charge in [-0.1, -0.05) is 71.9 Å². The molecule has 1 aromatic carbocycles. The summed E-state index contributed by atoms with van der Waals surface area (Å²) in [6, 6.07) is -19.0. The number of rotatable bonds is 58. The van der Waals surface area contributed by atoms with Gasteiger partial charge in [-0.05, 0) is 82.1 Å². The first-order valence-corrected chi connectivity index (χ1v) is 37.8. The molecule has 0 saturated carbocycles. The zero-order valence-electron chi connectivity index (χ0n) is 67.3. The lowest BCUT2D eigenvalue weighted by molar-refractivity contribution is -0.398. The number of aliphatic hydroxyl groups is 1. The maximum atomic E-state index is 14.7. The SMILES string of the molecule is CC(C)C[C@H](NC(=O)[C@H](Cc1ccccc1)NC(=O)[C@H](CCC(=O)O)NC(=O)[C@H](C)NC(=O)[C@@H](NC(=O)[C@H](CC(C)C)NC(=O)[C@H](CCC(=O)O)NC(=O)[C@H](CC(=O)O)NC(=O)[C@H](CCC(=O)O)NC(=O)[C@H](CO)NC(=O)[C@H](C)[NH3+])C(C)C)C(=O)N[C@@H](CCC(N)=O)C(=O)N[C@@H](CC(=O)O)C(=O)N[C@@H](CCC(N)=O)C(=O)N[C@@H](CC(N)=O)C(=O)O. The zero-order chi connectivity index (χ0) is 91.7. The number of nitrogens with two attached hydrogens (primary N) is 3. The van der Waals surface area contributed by atoms with E-state index in [1.54, 1.807) is 45.9 Å². The molecule has 0 aliphatic heterocycles. The Labute approximate surface area is 686 Å². The van der Waals surface area contributed by atoms with Crippen LogP contribution in [0, 0.1) is 17.8 Å². The number of benzene rings is 1. The van der Waals surface area contributed by atoms with Gasteiger partial charge in [-0.15, -0.1) is 0 Å². The molecule has 0 aromatic heterocycles. The Morgan fingerprint density at radius 3 is 0.917 bits per heavy atom. The van der Waals surface area contributed by atoms with Crippen LogP contribution in [0.5, 0.6) is 0 Å². The van der Waals surface area contributed by atoms with Crippen LogP contribution >= 0.6 is 0 Å². The number of carboxylic acids is 6. The van der Waals surface area contributed by atoms with E-state index in [1.807, 2.05) is 10.6 Å². The third kappa shape index (κ3) is 41.2. The van der Waals surface area contributed by atoms with Crippen molar-refractivity contribution in [1.29, 1.82) is 0 Å². The fourth-order valence-electron chi connectivity index (χ4n) is 11.0. The smallest absolute Gasteiger partial charge is 0.326 e. The zero-order valence-corrected chi connectivity index (χ0v) is 67.3. The van der Waals surface area contributed by atoms with E-state index < -0.39 is 335 Å². The summed E-state index contributed by atoms with van der Waals surface area (Å²) in [7, 11) is 0. The summed E-state index contributed by atoms with van der Waals surface area (Å²) in [5.74, 6) is -32.0. The van der Waals surface area contributed by atoms with Gasteiger partial charge in [-0.3, -0.25) is 105 Å². The number of hydrogen-bond acceptors (Lipinski definition) is 24. The number of nitrogens with one attached hydrogen (secondary N) is 14. The van der Waals surface area contributed by atoms with Crippen LogP contribution in [-0.4, -0.2) is 269 Å². The van der Waals surface area contributed by atoms with Crippen LogP contribution in [0.1, 0.15) is 157 Å². The normalized spacial score (nSPS) is 14.8. The molecule has 0 aliphatic carbocycles. The summed E-state index contributed by atoms with van der Waals surface area (Å²) in [5.41, 5.74) is 19.6. The third-order valence-electron chi connectivity index (χ3n) is 17.4. The van der Waals surface area contributed by atoms with Crippen molar-refractivity contribution in [3.05, 3.63) is 35.9 Å². The predicted molar refractivity (Wildman–Crippen MR) is 409 cm³/mol. The van der Waals surface area contributed by atoms with Crippen LogP contribution in [0.15, 0.2) is 30.3 Å². The molecule has 0 fully saturated rings. The molecule has 48 heteroatoms. The largest absolute Gasteiger partial charge is 0.481 e. The number of carbonyl (C=O) groups excluding carboxylic acids is 17. The molecule has 0 radical (unpaired) electrons. The Morgan fingerprint density at radius 1 is 0.308 bits per heavy atom. The number of aliphatic carboxylic acids is 6. The van der Waals surface area contributed by atoms with Crippen molar-refractivity contribution in [1.82, 2.24) is 74.4 Å². The molecule has 15 atom stereocenters. The fraction of sp³-hybridized carbons (Fsp3) is 0.597. The summed E-state index contributed by atoms with van der Waals surface area (Å²) in [6.45, 7) is 10.7. The second kappa shape index (κ2) is 52.6. The van der Waals surface area contributed by atoms with Crippen LogP contribution in [0.3, 0.4) is 0 Å². The average Bonchev–Trinajstić information content (AvgIpc) is 0.906. The molecule has 668 valence electrons. The van der Waals surface area contributed by atoms with E-state index in [0.29, 0.717) is 5.56 Å². The number of carboxylic acid groups (broad SMARTS) is 6.